The van der Waals surface area contributed by atoms with E-state index in [-0.39, 0.29) is 11.3 Å². The number of hydrogen-bond acceptors (Lipinski definition) is 5. The molecule has 0 aromatic heterocycles. The van der Waals surface area contributed by atoms with Gasteiger partial charge in [0.2, 0.25) is 0 Å². The fourth-order valence-corrected chi connectivity index (χ4v) is 3.21. The van der Waals surface area contributed by atoms with E-state index in [0.29, 0.717) is 12.4 Å². The predicted octanol–water partition coefficient (Wildman–Crippen LogP) is 2.78. The minimum absolute atomic E-state index is 0.0522. The Morgan fingerprint density at radius 2 is 1.79 bits per heavy atom. The van der Waals surface area contributed by atoms with Gasteiger partial charge in [0.15, 0.2) is 16.4 Å². The molecule has 7 nitrogen and oxygen atoms in total. The fourth-order valence-electron chi connectivity index (χ4n) is 2.23. The number of halogens is 2. The highest BCUT2D eigenvalue weighted by molar-refractivity contribution is 7.89. The van der Waals surface area contributed by atoms with Gasteiger partial charge in [-0.2, -0.15) is 0 Å². The highest BCUT2D eigenvalue weighted by atomic mass is 32.2. The van der Waals surface area contributed by atoms with E-state index in [9.17, 15) is 22.0 Å². The van der Waals surface area contributed by atoms with Crippen LogP contribution >= 0.6 is 0 Å². The third-order valence-corrected chi connectivity index (χ3v) is 4.97. The molecule has 1 amide bonds. The first-order chi connectivity index (χ1) is 13.3. The number of carbonyl (C=O) groups excluding carboxylic acids is 1. The molecule has 2 aromatic rings. The Balaban J connectivity index is 2.12. The monoisotopic (exact) mass is 414 g/mol. The molecule has 0 aliphatic rings. The van der Waals surface area contributed by atoms with Crippen molar-refractivity contribution in [3.8, 4) is 11.5 Å². The molecule has 152 valence electrons. The summed E-state index contributed by atoms with van der Waals surface area (Å²) in [6.45, 7) is 2.49. The number of sulfonamides is 1. The maximum atomic E-state index is 13.7. The molecule has 0 bridgehead atoms. The lowest BCUT2D eigenvalue weighted by Crippen LogP contribution is -2.42. The van der Waals surface area contributed by atoms with Crippen LogP contribution in [0.25, 0.3) is 0 Å². The summed E-state index contributed by atoms with van der Waals surface area (Å²) < 4.78 is 62.2. The molecule has 10 heteroatoms. The van der Waals surface area contributed by atoms with Crippen LogP contribution in [0.3, 0.4) is 0 Å². The molecule has 0 fully saturated rings. The molecule has 0 saturated heterocycles. The van der Waals surface area contributed by atoms with E-state index in [1.54, 1.807) is 4.83 Å². The first-order valence-electron chi connectivity index (χ1n) is 8.37. The van der Waals surface area contributed by atoms with E-state index < -0.39 is 32.5 Å². The van der Waals surface area contributed by atoms with Crippen molar-refractivity contribution in [1.82, 2.24) is 10.3 Å². The molecule has 2 rings (SSSR count). The minimum Gasteiger partial charge on any atom is -0.493 e. The molecule has 0 radical (unpaired) electrons. The van der Waals surface area contributed by atoms with Crippen LogP contribution in [0.1, 0.15) is 30.1 Å². The number of unbranched alkanes of at least 4 members (excludes halogenated alkanes) is 1. The molecule has 28 heavy (non-hydrogen) atoms. The average molecular weight is 414 g/mol. The number of hydrogen-bond donors (Lipinski definition) is 2. The highest BCUT2D eigenvalue weighted by Crippen LogP contribution is 2.28. The second-order valence-corrected chi connectivity index (χ2v) is 7.30. The number of methoxy groups -OCH3 is 1. The molecular formula is C18H20F2N2O5S. The number of amides is 1. The molecule has 2 aromatic carbocycles. The molecule has 2 N–H and O–H groups in total. The van der Waals surface area contributed by atoms with Crippen LogP contribution in [0.2, 0.25) is 0 Å². The maximum Gasteiger partial charge on any atom is 0.266 e. The number of hydrazine groups is 1. The van der Waals surface area contributed by atoms with Gasteiger partial charge in [-0.1, -0.05) is 19.4 Å². The van der Waals surface area contributed by atoms with Gasteiger partial charge >= 0.3 is 0 Å². The van der Waals surface area contributed by atoms with Crippen LogP contribution in [0.4, 0.5) is 8.78 Å². The van der Waals surface area contributed by atoms with Gasteiger partial charge in [-0.05, 0) is 36.8 Å². The van der Waals surface area contributed by atoms with E-state index in [4.69, 9.17) is 9.47 Å². The molecule has 0 spiro atoms. The van der Waals surface area contributed by atoms with Crippen LogP contribution in [0, 0.1) is 11.6 Å². The summed E-state index contributed by atoms with van der Waals surface area (Å²) in [5, 5.41) is 0. The fraction of sp³-hybridized carbons (Fsp3) is 0.278. The lowest BCUT2D eigenvalue weighted by molar-refractivity contribution is 0.0944. The second kappa shape index (κ2) is 9.47. The smallest absolute Gasteiger partial charge is 0.266 e. The van der Waals surface area contributed by atoms with E-state index in [1.807, 2.05) is 12.3 Å². The Labute approximate surface area is 161 Å². The topological polar surface area (TPSA) is 93.7 Å². The standard InChI is InChI=1S/C18H20F2N2O5S/c1-3-4-10-27-15-9-8-12(11-16(15)26-2)18(23)21-22-28(24,25)17-13(19)6-5-7-14(17)20/h5-9,11,22H,3-4,10H2,1-2H3,(H,21,23). The van der Waals surface area contributed by atoms with Gasteiger partial charge in [0, 0.05) is 5.56 Å². The van der Waals surface area contributed by atoms with Crippen molar-refractivity contribution in [1.29, 1.82) is 0 Å². The van der Waals surface area contributed by atoms with E-state index in [1.165, 1.54) is 25.3 Å². The number of ether oxygens (including phenoxy) is 2. The normalized spacial score (nSPS) is 11.1. The summed E-state index contributed by atoms with van der Waals surface area (Å²) in [4.78, 5) is 12.7. The zero-order chi connectivity index (χ0) is 20.7. The Hall–Kier alpha value is -2.72. The molecule has 0 aliphatic carbocycles. The molecule has 0 unspecified atom stereocenters. The van der Waals surface area contributed by atoms with Gasteiger partial charge in [-0.15, -0.1) is 4.83 Å². The third-order valence-electron chi connectivity index (χ3n) is 3.67. The number of rotatable bonds is 9. The quantitative estimate of drug-likeness (QED) is 0.486. The summed E-state index contributed by atoms with van der Waals surface area (Å²) in [6.07, 6.45) is 1.80. The Morgan fingerprint density at radius 1 is 1.11 bits per heavy atom. The summed E-state index contributed by atoms with van der Waals surface area (Å²) in [6, 6.07) is 6.88. The van der Waals surface area contributed by atoms with Crippen LogP contribution in [0.15, 0.2) is 41.3 Å². The van der Waals surface area contributed by atoms with Crippen molar-refractivity contribution in [2.45, 2.75) is 24.7 Å². The first-order valence-corrected chi connectivity index (χ1v) is 9.85. The average Bonchev–Trinajstić information content (AvgIpc) is 2.66. The summed E-state index contributed by atoms with van der Waals surface area (Å²) in [7, 11) is -3.26. The van der Waals surface area contributed by atoms with Crippen molar-refractivity contribution in [3.63, 3.8) is 0 Å². The SMILES string of the molecule is CCCCOc1ccc(C(=O)NNS(=O)(=O)c2c(F)cccc2F)cc1OC. The minimum atomic E-state index is -4.65. The molecule has 0 atom stereocenters. The van der Waals surface area contributed by atoms with E-state index >= 15 is 0 Å². The summed E-state index contributed by atoms with van der Waals surface area (Å²) in [5.41, 5.74) is 1.96. The second-order valence-electron chi connectivity index (χ2n) is 5.68. The lowest BCUT2D eigenvalue weighted by atomic mass is 10.2. The number of nitrogens with one attached hydrogen (secondary N) is 2. The first kappa shape index (κ1) is 21.6. The van der Waals surface area contributed by atoms with E-state index in [0.717, 1.165) is 31.0 Å². The van der Waals surface area contributed by atoms with Crippen molar-refractivity contribution in [3.05, 3.63) is 53.6 Å². The van der Waals surface area contributed by atoms with Gasteiger partial charge in [0.25, 0.3) is 15.9 Å². The highest BCUT2D eigenvalue weighted by Gasteiger charge is 2.24. The van der Waals surface area contributed by atoms with Crippen LogP contribution in [-0.4, -0.2) is 28.0 Å². The van der Waals surface area contributed by atoms with E-state index in [2.05, 4.69) is 0 Å². The van der Waals surface area contributed by atoms with Crippen LogP contribution < -0.4 is 19.7 Å². The van der Waals surface area contributed by atoms with Crippen molar-refractivity contribution in [2.24, 2.45) is 0 Å². The lowest BCUT2D eigenvalue weighted by Gasteiger charge is -2.13. The molecule has 0 aliphatic heterocycles. The van der Waals surface area contributed by atoms with Crippen molar-refractivity contribution in [2.75, 3.05) is 13.7 Å². The van der Waals surface area contributed by atoms with Gasteiger partial charge in [0.1, 0.15) is 11.6 Å². The molecule has 0 heterocycles. The predicted molar refractivity (Wildman–Crippen MR) is 97.5 cm³/mol. The Bertz CT molecular complexity index is 931. The maximum absolute atomic E-state index is 13.7. The Kier molecular flexibility index (Phi) is 7.30. The van der Waals surface area contributed by atoms with Gasteiger partial charge in [0.05, 0.1) is 13.7 Å². The summed E-state index contributed by atoms with van der Waals surface area (Å²) >= 11 is 0. The largest absolute Gasteiger partial charge is 0.493 e. The molecule has 0 saturated carbocycles. The van der Waals surface area contributed by atoms with Gasteiger partial charge < -0.3 is 9.47 Å². The number of benzene rings is 2. The van der Waals surface area contributed by atoms with Gasteiger partial charge in [-0.25, -0.2) is 17.2 Å². The van der Waals surface area contributed by atoms with Crippen molar-refractivity contribution < 1.29 is 31.5 Å². The molecular weight excluding hydrogens is 394 g/mol. The van der Waals surface area contributed by atoms with Gasteiger partial charge in [-0.3, -0.25) is 10.2 Å². The zero-order valence-corrected chi connectivity index (χ0v) is 16.1. The van der Waals surface area contributed by atoms with Crippen LogP contribution in [-0.2, 0) is 10.0 Å². The number of carbonyl (C=O) groups is 1. The Morgan fingerprint density at radius 3 is 2.39 bits per heavy atom. The van der Waals surface area contributed by atoms with Crippen LogP contribution in [0.5, 0.6) is 11.5 Å². The third kappa shape index (κ3) is 5.17. The summed E-state index contributed by atoms with van der Waals surface area (Å²) in [5.74, 6) is -2.69. The zero-order valence-electron chi connectivity index (χ0n) is 15.3. The van der Waals surface area contributed by atoms with Crippen molar-refractivity contribution >= 4 is 15.9 Å².